The van der Waals surface area contributed by atoms with E-state index in [1.165, 1.54) is 0 Å². The van der Waals surface area contributed by atoms with Crippen LogP contribution in [-0.2, 0) is 14.3 Å². The molecular formula is C27H32N2O5. The van der Waals surface area contributed by atoms with Gasteiger partial charge in [-0.15, -0.1) is 0 Å². The van der Waals surface area contributed by atoms with Gasteiger partial charge < -0.3 is 20.1 Å². The average Bonchev–Trinajstić information content (AvgIpc) is 3.09. The summed E-state index contributed by atoms with van der Waals surface area (Å²) in [5.41, 5.74) is 4.57. The van der Waals surface area contributed by atoms with E-state index in [4.69, 9.17) is 9.84 Å². The smallest absolute Gasteiger partial charge is 0.407 e. The maximum Gasteiger partial charge on any atom is 0.407 e. The molecule has 0 radical (unpaired) electrons. The van der Waals surface area contributed by atoms with E-state index in [2.05, 4.69) is 29.6 Å². The second kappa shape index (κ2) is 9.87. The lowest BCUT2D eigenvalue weighted by atomic mass is 9.79. The Balaban J connectivity index is 1.39. The van der Waals surface area contributed by atoms with Crippen molar-refractivity contribution in [2.45, 2.75) is 51.1 Å². The van der Waals surface area contributed by atoms with Crippen molar-refractivity contribution in [3.05, 3.63) is 59.7 Å². The normalized spacial score (nSPS) is 19.5. The highest BCUT2D eigenvalue weighted by atomic mass is 16.5. The zero-order chi connectivity index (χ0) is 24.4. The number of carboxylic acids is 1. The van der Waals surface area contributed by atoms with Crippen LogP contribution in [0.2, 0.25) is 0 Å². The summed E-state index contributed by atoms with van der Waals surface area (Å²) in [5.74, 6) is -1.31. The molecule has 4 rings (SSSR count). The van der Waals surface area contributed by atoms with Gasteiger partial charge >= 0.3 is 12.1 Å². The van der Waals surface area contributed by atoms with Crippen molar-refractivity contribution in [2.75, 3.05) is 13.7 Å². The molecule has 0 heterocycles. The minimum absolute atomic E-state index is 0.0528. The Morgan fingerprint density at radius 1 is 1.03 bits per heavy atom. The number of amides is 2. The van der Waals surface area contributed by atoms with E-state index in [9.17, 15) is 14.4 Å². The molecule has 0 saturated heterocycles. The Labute approximate surface area is 200 Å². The highest BCUT2D eigenvalue weighted by Crippen LogP contribution is 2.44. The standard InChI is InChI=1S/C27H32N2O5/c1-16(2)12-24(25(30)29(3)18-13-17(14-18)26(31)32)28-27(33)34-15-23-21-10-6-4-8-19(21)20-9-5-7-11-22(20)23/h4-11,16-18,23-24H,12-15H2,1-3H3,(H,28,33)(H,31,32)/t17?,18?,24-/m0/s1. The quantitative estimate of drug-likeness (QED) is 0.609. The molecule has 0 aromatic heterocycles. The molecule has 2 amide bonds. The molecule has 0 aliphatic heterocycles. The fraction of sp³-hybridized carbons (Fsp3) is 0.444. The number of carboxylic acid groups (broad SMARTS) is 1. The van der Waals surface area contributed by atoms with Crippen molar-refractivity contribution in [1.29, 1.82) is 0 Å². The number of benzene rings is 2. The molecule has 1 saturated carbocycles. The predicted molar refractivity (Wildman–Crippen MR) is 128 cm³/mol. The zero-order valence-corrected chi connectivity index (χ0v) is 19.9. The number of nitrogens with zero attached hydrogens (tertiary/aromatic N) is 1. The van der Waals surface area contributed by atoms with E-state index >= 15 is 0 Å². The predicted octanol–water partition coefficient (Wildman–Crippen LogP) is 4.26. The molecule has 7 nitrogen and oxygen atoms in total. The number of ether oxygens (including phenoxy) is 1. The van der Waals surface area contributed by atoms with Crippen LogP contribution in [0.15, 0.2) is 48.5 Å². The van der Waals surface area contributed by atoms with Gasteiger partial charge in [-0.2, -0.15) is 0 Å². The van der Waals surface area contributed by atoms with Crippen LogP contribution in [0, 0.1) is 11.8 Å². The Bertz CT molecular complexity index is 1030. The van der Waals surface area contributed by atoms with Crippen molar-refractivity contribution in [3.8, 4) is 11.1 Å². The fourth-order valence-electron chi connectivity index (χ4n) is 5.01. The van der Waals surface area contributed by atoms with Crippen molar-refractivity contribution < 1.29 is 24.2 Å². The third kappa shape index (κ3) is 4.79. The Hall–Kier alpha value is -3.35. The number of carbonyl (C=O) groups is 3. The third-order valence-electron chi connectivity index (χ3n) is 7.00. The molecule has 0 unspecified atom stereocenters. The van der Waals surface area contributed by atoms with E-state index in [1.54, 1.807) is 11.9 Å². The van der Waals surface area contributed by atoms with Crippen LogP contribution in [0.3, 0.4) is 0 Å². The molecule has 2 N–H and O–H groups in total. The molecule has 2 aliphatic carbocycles. The topological polar surface area (TPSA) is 95.9 Å². The summed E-state index contributed by atoms with van der Waals surface area (Å²) in [6, 6.07) is 15.4. The van der Waals surface area contributed by atoms with Gasteiger partial charge in [0.15, 0.2) is 0 Å². The van der Waals surface area contributed by atoms with E-state index in [0.29, 0.717) is 19.3 Å². The highest BCUT2D eigenvalue weighted by molar-refractivity contribution is 5.86. The Morgan fingerprint density at radius 2 is 1.59 bits per heavy atom. The maximum absolute atomic E-state index is 13.1. The molecule has 0 spiro atoms. The zero-order valence-electron chi connectivity index (χ0n) is 19.9. The molecule has 1 atom stereocenters. The summed E-state index contributed by atoms with van der Waals surface area (Å²) in [7, 11) is 1.68. The second-order valence-corrected chi connectivity index (χ2v) is 9.76. The number of likely N-dealkylation sites (N-methyl/N-ethyl adjacent to an activating group) is 1. The van der Waals surface area contributed by atoms with E-state index in [0.717, 1.165) is 22.3 Å². The van der Waals surface area contributed by atoms with Crippen molar-refractivity contribution in [2.24, 2.45) is 11.8 Å². The summed E-state index contributed by atoms with van der Waals surface area (Å²) < 4.78 is 5.63. The molecular weight excluding hydrogens is 432 g/mol. The molecule has 1 fully saturated rings. The number of alkyl carbamates (subject to hydrolysis) is 1. The number of rotatable bonds is 8. The number of hydrogen-bond acceptors (Lipinski definition) is 4. The van der Waals surface area contributed by atoms with Crippen molar-refractivity contribution in [3.63, 3.8) is 0 Å². The van der Waals surface area contributed by atoms with Gasteiger partial charge in [0.1, 0.15) is 12.6 Å². The van der Waals surface area contributed by atoms with E-state index < -0.39 is 24.0 Å². The molecule has 180 valence electrons. The minimum Gasteiger partial charge on any atom is -0.481 e. The number of hydrogen-bond donors (Lipinski definition) is 2. The summed E-state index contributed by atoms with van der Waals surface area (Å²) in [5, 5.41) is 11.9. The lowest BCUT2D eigenvalue weighted by Gasteiger charge is -2.40. The summed E-state index contributed by atoms with van der Waals surface area (Å²) >= 11 is 0. The second-order valence-electron chi connectivity index (χ2n) is 9.76. The molecule has 2 aromatic rings. The van der Waals surface area contributed by atoms with Crippen molar-refractivity contribution >= 4 is 18.0 Å². The first-order valence-corrected chi connectivity index (χ1v) is 11.9. The van der Waals surface area contributed by atoms with Gasteiger partial charge in [0.25, 0.3) is 0 Å². The lowest BCUT2D eigenvalue weighted by molar-refractivity contribution is -0.150. The van der Waals surface area contributed by atoms with Gasteiger partial charge in [-0.05, 0) is 47.4 Å². The lowest BCUT2D eigenvalue weighted by Crippen LogP contribution is -2.54. The SMILES string of the molecule is CC(C)C[C@H](NC(=O)OCC1c2ccccc2-c2ccccc21)C(=O)N(C)C1CC(C(=O)O)C1. The van der Waals surface area contributed by atoms with Crippen LogP contribution in [0.25, 0.3) is 11.1 Å². The number of aliphatic carboxylic acids is 1. The first-order chi connectivity index (χ1) is 16.3. The average molecular weight is 465 g/mol. The van der Waals surface area contributed by atoms with Gasteiger partial charge in [0.2, 0.25) is 5.91 Å². The van der Waals surface area contributed by atoms with Crippen LogP contribution in [0.4, 0.5) is 4.79 Å². The van der Waals surface area contributed by atoms with Crippen LogP contribution in [0.1, 0.15) is 50.2 Å². The Morgan fingerprint density at radius 3 is 2.12 bits per heavy atom. The summed E-state index contributed by atoms with van der Waals surface area (Å²) in [6.45, 7) is 4.16. The van der Waals surface area contributed by atoms with Gasteiger partial charge in [-0.3, -0.25) is 9.59 Å². The van der Waals surface area contributed by atoms with Crippen LogP contribution in [-0.4, -0.2) is 53.7 Å². The first-order valence-electron chi connectivity index (χ1n) is 11.9. The van der Waals surface area contributed by atoms with E-state index in [1.807, 2.05) is 38.1 Å². The fourth-order valence-corrected chi connectivity index (χ4v) is 5.01. The summed E-state index contributed by atoms with van der Waals surface area (Å²) in [6.07, 6.45) is 0.738. The molecule has 34 heavy (non-hydrogen) atoms. The first kappa shape index (κ1) is 23.8. The van der Waals surface area contributed by atoms with Gasteiger partial charge in [0.05, 0.1) is 5.92 Å². The maximum atomic E-state index is 13.1. The van der Waals surface area contributed by atoms with Crippen molar-refractivity contribution in [1.82, 2.24) is 10.2 Å². The molecule has 2 aliphatic rings. The van der Waals surface area contributed by atoms with Crippen LogP contribution < -0.4 is 5.32 Å². The number of carbonyl (C=O) groups excluding carboxylic acids is 2. The van der Waals surface area contributed by atoms with Crippen LogP contribution >= 0.6 is 0 Å². The van der Waals surface area contributed by atoms with Crippen LogP contribution in [0.5, 0.6) is 0 Å². The monoisotopic (exact) mass is 464 g/mol. The highest BCUT2D eigenvalue weighted by Gasteiger charge is 2.40. The number of nitrogens with one attached hydrogen (secondary N) is 1. The van der Waals surface area contributed by atoms with Gasteiger partial charge in [-0.1, -0.05) is 62.4 Å². The largest absolute Gasteiger partial charge is 0.481 e. The minimum atomic E-state index is -0.826. The molecule has 0 bridgehead atoms. The Kier molecular flexibility index (Phi) is 6.91. The molecule has 7 heteroatoms. The summed E-state index contributed by atoms with van der Waals surface area (Å²) in [4.78, 5) is 38.6. The van der Waals surface area contributed by atoms with Gasteiger partial charge in [-0.25, -0.2) is 4.79 Å². The van der Waals surface area contributed by atoms with Gasteiger partial charge in [0, 0.05) is 19.0 Å². The molecule has 2 aromatic carbocycles. The number of fused-ring (bicyclic) bond motifs is 3. The van der Waals surface area contributed by atoms with E-state index in [-0.39, 0.29) is 30.4 Å². The third-order valence-corrected chi connectivity index (χ3v) is 7.00.